The first-order valence-corrected chi connectivity index (χ1v) is 10.6. The molecular formula is C16H26N4O4S. The van der Waals surface area contributed by atoms with E-state index in [1.165, 1.54) is 10.6 Å². The maximum Gasteiger partial charge on any atom is 0.241 e. The molecule has 0 saturated carbocycles. The highest BCUT2D eigenvalue weighted by Crippen LogP contribution is 2.22. The van der Waals surface area contributed by atoms with Crippen LogP contribution in [0.4, 0.5) is 0 Å². The molecule has 2 fully saturated rings. The summed E-state index contributed by atoms with van der Waals surface area (Å²) in [5, 5.41) is 3.89. The number of aryl methyl sites for hydroxylation is 1. The second-order valence-corrected chi connectivity index (χ2v) is 8.86. The number of amides is 1. The molecule has 0 N–H and O–H groups in total. The maximum absolute atomic E-state index is 12.9. The number of piperidine rings is 1. The molecule has 1 aromatic heterocycles. The first-order valence-electron chi connectivity index (χ1n) is 8.75. The summed E-state index contributed by atoms with van der Waals surface area (Å²) >= 11 is 0. The van der Waals surface area contributed by atoms with Crippen LogP contribution < -0.4 is 0 Å². The molecule has 0 aliphatic carbocycles. The number of carbonyl (C=O) groups is 1. The highest BCUT2D eigenvalue weighted by Gasteiger charge is 2.37. The maximum atomic E-state index is 12.9. The van der Waals surface area contributed by atoms with Crippen LogP contribution in [-0.4, -0.2) is 78.6 Å². The molecule has 2 aliphatic heterocycles. The fraction of sp³-hybridized carbons (Fsp3) is 0.750. The van der Waals surface area contributed by atoms with Crippen molar-refractivity contribution in [2.75, 3.05) is 39.0 Å². The third-order valence-electron chi connectivity index (χ3n) is 4.90. The molecule has 0 radical (unpaired) electrons. The minimum atomic E-state index is -3.35. The quantitative estimate of drug-likeness (QED) is 0.764. The van der Waals surface area contributed by atoms with Crippen molar-refractivity contribution in [3.05, 3.63) is 17.5 Å². The van der Waals surface area contributed by atoms with Crippen LogP contribution in [0.5, 0.6) is 0 Å². The van der Waals surface area contributed by atoms with Crippen LogP contribution in [0.2, 0.25) is 0 Å². The Hall–Kier alpha value is -1.45. The Kier molecular flexibility index (Phi) is 5.45. The lowest BCUT2D eigenvalue weighted by molar-refractivity contribution is -0.138. The van der Waals surface area contributed by atoms with Gasteiger partial charge in [-0.05, 0) is 19.8 Å². The number of piperazine rings is 1. The van der Waals surface area contributed by atoms with Crippen LogP contribution in [-0.2, 0) is 21.4 Å². The van der Waals surface area contributed by atoms with Gasteiger partial charge >= 0.3 is 0 Å². The molecule has 3 rings (SSSR count). The molecule has 2 aliphatic rings. The molecule has 1 amide bonds. The number of aromatic nitrogens is 1. The molecule has 8 nitrogen and oxygen atoms in total. The minimum Gasteiger partial charge on any atom is -0.360 e. The zero-order valence-corrected chi connectivity index (χ0v) is 15.7. The predicted octanol–water partition coefficient (Wildman–Crippen LogP) is 0.441. The molecule has 0 bridgehead atoms. The fourth-order valence-corrected chi connectivity index (χ4v) is 4.72. The van der Waals surface area contributed by atoms with E-state index in [0.29, 0.717) is 32.6 Å². The molecule has 1 unspecified atom stereocenters. The molecule has 0 spiro atoms. The van der Waals surface area contributed by atoms with E-state index in [-0.39, 0.29) is 5.91 Å². The Morgan fingerprint density at radius 1 is 1.24 bits per heavy atom. The van der Waals surface area contributed by atoms with Crippen molar-refractivity contribution in [3.8, 4) is 0 Å². The van der Waals surface area contributed by atoms with Gasteiger partial charge in [0.15, 0.2) is 5.76 Å². The van der Waals surface area contributed by atoms with E-state index >= 15 is 0 Å². The van der Waals surface area contributed by atoms with Crippen LogP contribution in [0.1, 0.15) is 30.7 Å². The van der Waals surface area contributed by atoms with Gasteiger partial charge in [0.2, 0.25) is 15.9 Å². The number of rotatable bonds is 4. The molecule has 0 aromatic carbocycles. The number of nitrogens with zero attached hydrogens (tertiary/aromatic N) is 4. The molecule has 3 heterocycles. The standard InChI is InChI=1S/C16H26N4O4S/c1-13-11-14(24-17-13)12-18-7-9-19(10-8-18)16(21)15-5-3-4-6-20(15)25(2,22)23/h11,15H,3-10,12H2,1-2H3. The van der Waals surface area contributed by atoms with E-state index in [9.17, 15) is 13.2 Å². The van der Waals surface area contributed by atoms with E-state index in [2.05, 4.69) is 10.1 Å². The Morgan fingerprint density at radius 3 is 2.56 bits per heavy atom. The summed E-state index contributed by atoms with van der Waals surface area (Å²) in [5.41, 5.74) is 0.863. The highest BCUT2D eigenvalue weighted by atomic mass is 32.2. The Labute approximate surface area is 148 Å². The van der Waals surface area contributed by atoms with Gasteiger partial charge in [-0.15, -0.1) is 0 Å². The van der Waals surface area contributed by atoms with Crippen molar-refractivity contribution in [1.82, 2.24) is 19.3 Å². The molecule has 9 heteroatoms. The topological polar surface area (TPSA) is 87.0 Å². The lowest BCUT2D eigenvalue weighted by Crippen LogP contribution is -2.56. The van der Waals surface area contributed by atoms with Gasteiger partial charge < -0.3 is 9.42 Å². The van der Waals surface area contributed by atoms with Gasteiger partial charge in [-0.25, -0.2) is 8.42 Å². The lowest BCUT2D eigenvalue weighted by Gasteiger charge is -2.39. The van der Waals surface area contributed by atoms with Gasteiger partial charge in [0.25, 0.3) is 0 Å². The van der Waals surface area contributed by atoms with Crippen LogP contribution in [0.3, 0.4) is 0 Å². The Balaban J connectivity index is 1.57. The summed E-state index contributed by atoms with van der Waals surface area (Å²) in [7, 11) is -3.35. The third-order valence-corrected chi connectivity index (χ3v) is 6.19. The average Bonchev–Trinajstić information content (AvgIpc) is 2.99. The van der Waals surface area contributed by atoms with Gasteiger partial charge in [-0.3, -0.25) is 9.69 Å². The van der Waals surface area contributed by atoms with E-state index in [4.69, 9.17) is 4.52 Å². The smallest absolute Gasteiger partial charge is 0.241 e. The Morgan fingerprint density at radius 2 is 1.96 bits per heavy atom. The first kappa shape index (κ1) is 18.3. The third kappa shape index (κ3) is 4.39. The van der Waals surface area contributed by atoms with Crippen molar-refractivity contribution in [2.45, 2.75) is 38.8 Å². The zero-order chi connectivity index (χ0) is 18.0. The van der Waals surface area contributed by atoms with Crippen LogP contribution >= 0.6 is 0 Å². The summed E-state index contributed by atoms with van der Waals surface area (Å²) in [6.07, 6.45) is 3.52. The number of sulfonamides is 1. The monoisotopic (exact) mass is 370 g/mol. The second-order valence-electron chi connectivity index (χ2n) is 6.92. The fourth-order valence-electron chi connectivity index (χ4n) is 3.60. The van der Waals surface area contributed by atoms with Crippen molar-refractivity contribution in [1.29, 1.82) is 0 Å². The normalized spacial score (nSPS) is 23.8. The van der Waals surface area contributed by atoms with Crippen LogP contribution in [0.15, 0.2) is 10.6 Å². The van der Waals surface area contributed by atoms with Crippen molar-refractivity contribution in [2.24, 2.45) is 0 Å². The molecule has 25 heavy (non-hydrogen) atoms. The predicted molar refractivity (Wildman–Crippen MR) is 92.3 cm³/mol. The summed E-state index contributed by atoms with van der Waals surface area (Å²) in [6.45, 7) is 5.73. The zero-order valence-electron chi connectivity index (χ0n) is 14.8. The van der Waals surface area contributed by atoms with Gasteiger partial charge in [0, 0.05) is 38.8 Å². The van der Waals surface area contributed by atoms with Gasteiger partial charge in [-0.1, -0.05) is 11.6 Å². The van der Waals surface area contributed by atoms with Crippen LogP contribution in [0.25, 0.3) is 0 Å². The molecule has 140 valence electrons. The number of carbonyl (C=O) groups excluding carboxylic acids is 1. The van der Waals surface area contributed by atoms with Crippen molar-refractivity contribution >= 4 is 15.9 Å². The van der Waals surface area contributed by atoms with E-state index < -0.39 is 16.1 Å². The van der Waals surface area contributed by atoms with E-state index in [0.717, 1.165) is 37.4 Å². The second kappa shape index (κ2) is 7.43. The highest BCUT2D eigenvalue weighted by molar-refractivity contribution is 7.88. The van der Waals surface area contributed by atoms with Crippen molar-refractivity contribution < 1.29 is 17.7 Å². The summed E-state index contributed by atoms with van der Waals surface area (Å²) < 4.78 is 30.6. The average molecular weight is 370 g/mol. The van der Waals surface area contributed by atoms with Gasteiger partial charge in [0.05, 0.1) is 18.5 Å². The largest absolute Gasteiger partial charge is 0.360 e. The first-order chi connectivity index (χ1) is 11.8. The summed E-state index contributed by atoms with van der Waals surface area (Å²) in [4.78, 5) is 16.9. The number of hydrogen-bond donors (Lipinski definition) is 0. The van der Waals surface area contributed by atoms with E-state index in [1.54, 1.807) is 4.90 Å². The van der Waals surface area contributed by atoms with Gasteiger partial charge in [0.1, 0.15) is 6.04 Å². The minimum absolute atomic E-state index is 0.0553. The SMILES string of the molecule is Cc1cc(CN2CCN(C(=O)C3CCCCN3S(C)(=O)=O)CC2)on1. The Bertz CT molecular complexity index is 709. The summed E-state index contributed by atoms with van der Waals surface area (Å²) in [6, 6.07) is 1.39. The number of hydrogen-bond acceptors (Lipinski definition) is 6. The van der Waals surface area contributed by atoms with Crippen LogP contribution in [0, 0.1) is 6.92 Å². The lowest BCUT2D eigenvalue weighted by atomic mass is 10.0. The molecule has 1 atom stereocenters. The molecule has 2 saturated heterocycles. The van der Waals surface area contributed by atoms with Gasteiger partial charge in [-0.2, -0.15) is 4.31 Å². The molecular weight excluding hydrogens is 344 g/mol. The molecule has 1 aromatic rings. The summed E-state index contributed by atoms with van der Waals surface area (Å²) in [5.74, 6) is 0.771. The van der Waals surface area contributed by atoms with Crippen molar-refractivity contribution in [3.63, 3.8) is 0 Å². The van der Waals surface area contributed by atoms with E-state index in [1.807, 2.05) is 13.0 Å².